The molecule has 0 bridgehead atoms. The number of fused-ring (bicyclic) bond motifs is 20. The molecule has 0 aliphatic heterocycles. The van der Waals surface area contributed by atoms with Crippen molar-refractivity contribution in [2.75, 3.05) is 9.80 Å². The number of hydrogen-bond donors (Lipinski definition) is 0. The molecular weight excluding hydrogens is 1060 g/mol. The van der Waals surface area contributed by atoms with E-state index in [4.69, 9.17) is 0 Å². The molecule has 2 nitrogen and oxygen atoms in total. The Morgan fingerprint density at radius 1 is 0.216 bits per heavy atom. The third-order valence-electron chi connectivity index (χ3n) is 19.2. The summed E-state index contributed by atoms with van der Waals surface area (Å²) in [4.78, 5) is 4.99. The summed E-state index contributed by atoms with van der Waals surface area (Å²) in [6.07, 6.45) is 8.57. The summed E-state index contributed by atoms with van der Waals surface area (Å²) in [6, 6.07) is 114. The Labute approximate surface area is 515 Å². The standard InChI is InChI=1S/C86H60N2/c1-3-22-57-24-17-26-59(50-57)61-28-19-30-63(52-61)87(67-46-48-75-73-38-9-15-44-81(73)85(83(75)55-67)77-40-11-5-34-69(77)70-35-6-12-41-78(70)85)65-32-21-33-66(54-65)88(64-31-20-29-62(53-64)60-27-18-25-58(51-60)23-4-2)68-47-49-76-74-39-10-16-45-82(74)86(84(76)56-68)79-42-13-7-36-71(79)72-37-8-14-43-80(72)86/h3-56H,1-2H3/b22-3+,23-4+. The molecular formula is C86H60N2. The first-order chi connectivity index (χ1) is 43.5. The van der Waals surface area contributed by atoms with Gasteiger partial charge in [0.15, 0.2) is 0 Å². The summed E-state index contributed by atoms with van der Waals surface area (Å²) in [6.45, 7) is 4.16. The van der Waals surface area contributed by atoms with E-state index in [1.807, 2.05) is 0 Å². The highest BCUT2D eigenvalue weighted by Gasteiger charge is 2.53. The lowest BCUT2D eigenvalue weighted by Gasteiger charge is -2.33. The Morgan fingerprint density at radius 3 is 0.807 bits per heavy atom. The summed E-state index contributed by atoms with van der Waals surface area (Å²) in [7, 11) is 0. The molecule has 0 amide bonds. The molecule has 0 atom stereocenters. The van der Waals surface area contributed by atoms with E-state index >= 15 is 0 Å². The molecule has 2 spiro atoms. The molecule has 414 valence electrons. The van der Waals surface area contributed by atoms with Gasteiger partial charge in [-0.2, -0.15) is 0 Å². The molecule has 13 aromatic rings. The van der Waals surface area contributed by atoms with E-state index in [1.165, 1.54) is 111 Å². The molecule has 0 heterocycles. The fraction of sp³-hybridized carbons (Fsp3) is 0.0465. The SMILES string of the molecule is C/C=C/c1cccc(-c2cccc(N(c3cccc(N(c4cccc(-c5cccc(/C=C/C)c5)c4)c4ccc5c(c4)C4(c6ccccc6-c6ccccc64)c4ccccc4-5)c3)c3ccc4c(c3)C3(c5ccccc5-c5ccccc53)c3ccccc3-4)c2)c1. The summed E-state index contributed by atoms with van der Waals surface area (Å²) in [5, 5.41) is 0. The minimum atomic E-state index is -0.517. The topological polar surface area (TPSA) is 6.48 Å². The summed E-state index contributed by atoms with van der Waals surface area (Å²) >= 11 is 0. The maximum Gasteiger partial charge on any atom is 0.0726 e. The van der Waals surface area contributed by atoms with Crippen LogP contribution in [0.15, 0.2) is 315 Å². The average Bonchev–Trinajstić information content (AvgIpc) is 1.55. The monoisotopic (exact) mass is 1120 g/mol. The highest BCUT2D eigenvalue weighted by Crippen LogP contribution is 2.65. The second kappa shape index (κ2) is 20.3. The van der Waals surface area contributed by atoms with E-state index in [1.54, 1.807) is 0 Å². The molecule has 13 aromatic carbocycles. The Hall–Kier alpha value is -11.1. The Kier molecular flexibility index (Phi) is 11.9. The van der Waals surface area contributed by atoms with Gasteiger partial charge in [-0.15, -0.1) is 0 Å². The molecule has 4 aliphatic carbocycles. The van der Waals surface area contributed by atoms with Crippen molar-refractivity contribution in [1.29, 1.82) is 0 Å². The zero-order valence-corrected chi connectivity index (χ0v) is 49.1. The van der Waals surface area contributed by atoms with Gasteiger partial charge in [-0.1, -0.05) is 249 Å². The number of nitrogens with zero attached hydrogens (tertiary/aromatic N) is 2. The first-order valence-corrected chi connectivity index (χ1v) is 30.8. The van der Waals surface area contributed by atoms with Crippen LogP contribution in [0.5, 0.6) is 0 Å². The van der Waals surface area contributed by atoms with E-state index in [9.17, 15) is 0 Å². The molecule has 0 radical (unpaired) electrons. The molecule has 17 rings (SSSR count). The highest BCUT2D eigenvalue weighted by atomic mass is 15.2. The highest BCUT2D eigenvalue weighted by molar-refractivity contribution is 5.99. The van der Waals surface area contributed by atoms with Crippen LogP contribution in [0.3, 0.4) is 0 Å². The van der Waals surface area contributed by atoms with Gasteiger partial charge in [-0.3, -0.25) is 0 Å². The predicted octanol–water partition coefficient (Wildman–Crippen LogP) is 22.7. The maximum atomic E-state index is 2.51. The van der Waals surface area contributed by atoms with Gasteiger partial charge in [0.1, 0.15) is 0 Å². The summed E-state index contributed by atoms with van der Waals surface area (Å²) < 4.78 is 0. The molecule has 88 heavy (non-hydrogen) atoms. The second-order valence-corrected chi connectivity index (χ2v) is 23.8. The van der Waals surface area contributed by atoms with Gasteiger partial charge in [0, 0.05) is 34.1 Å². The van der Waals surface area contributed by atoms with E-state index in [0.717, 1.165) is 45.3 Å². The Bertz CT molecular complexity index is 4610. The van der Waals surface area contributed by atoms with Crippen molar-refractivity contribution < 1.29 is 0 Å². The van der Waals surface area contributed by atoms with E-state index in [-0.39, 0.29) is 0 Å². The number of allylic oxidation sites excluding steroid dienone is 2. The molecule has 0 N–H and O–H groups in total. The third-order valence-corrected chi connectivity index (χ3v) is 19.2. The molecule has 4 aliphatic rings. The average molecular weight is 1120 g/mol. The first kappa shape index (κ1) is 51.4. The largest absolute Gasteiger partial charge is 0.310 e. The summed E-state index contributed by atoms with van der Waals surface area (Å²) in [5.74, 6) is 0. The van der Waals surface area contributed by atoms with Crippen LogP contribution in [-0.2, 0) is 10.8 Å². The van der Waals surface area contributed by atoms with Crippen molar-refractivity contribution in [3.05, 3.63) is 371 Å². The molecule has 0 aromatic heterocycles. The van der Waals surface area contributed by atoms with Gasteiger partial charge in [0.25, 0.3) is 0 Å². The fourth-order valence-electron chi connectivity index (χ4n) is 15.8. The zero-order chi connectivity index (χ0) is 58.5. The minimum Gasteiger partial charge on any atom is -0.310 e. The lowest BCUT2D eigenvalue weighted by atomic mass is 9.70. The van der Waals surface area contributed by atoms with Crippen molar-refractivity contribution in [2.24, 2.45) is 0 Å². The van der Waals surface area contributed by atoms with Gasteiger partial charge in [0.05, 0.1) is 10.8 Å². The molecule has 0 saturated heterocycles. The molecule has 0 unspecified atom stereocenters. The minimum absolute atomic E-state index is 0.517. The van der Waals surface area contributed by atoms with E-state index in [2.05, 4.69) is 351 Å². The van der Waals surface area contributed by atoms with Crippen molar-refractivity contribution in [3.63, 3.8) is 0 Å². The van der Waals surface area contributed by atoms with Crippen LogP contribution in [0.4, 0.5) is 34.1 Å². The quantitative estimate of drug-likeness (QED) is 0.135. The lowest BCUT2D eigenvalue weighted by Crippen LogP contribution is -2.26. The van der Waals surface area contributed by atoms with Crippen LogP contribution in [0.1, 0.15) is 69.5 Å². The van der Waals surface area contributed by atoms with Crippen LogP contribution >= 0.6 is 0 Å². The first-order valence-electron chi connectivity index (χ1n) is 30.8. The van der Waals surface area contributed by atoms with Gasteiger partial charge < -0.3 is 9.80 Å². The van der Waals surface area contributed by atoms with Gasteiger partial charge in [-0.05, 0) is 215 Å². The summed E-state index contributed by atoms with van der Waals surface area (Å²) in [5.41, 5.74) is 33.1. The lowest BCUT2D eigenvalue weighted by molar-refractivity contribution is 0.793. The number of benzene rings is 13. The van der Waals surface area contributed by atoms with E-state index < -0.39 is 10.8 Å². The Balaban J connectivity index is 0.899. The zero-order valence-electron chi connectivity index (χ0n) is 49.1. The van der Waals surface area contributed by atoms with Crippen molar-refractivity contribution in [3.8, 4) is 66.8 Å². The fourth-order valence-corrected chi connectivity index (χ4v) is 15.8. The maximum absolute atomic E-state index is 2.51. The molecule has 0 saturated carbocycles. The van der Waals surface area contributed by atoms with Crippen LogP contribution in [0.25, 0.3) is 78.9 Å². The van der Waals surface area contributed by atoms with Crippen molar-refractivity contribution in [2.45, 2.75) is 24.7 Å². The van der Waals surface area contributed by atoms with Gasteiger partial charge >= 0.3 is 0 Å². The van der Waals surface area contributed by atoms with Crippen molar-refractivity contribution in [1.82, 2.24) is 0 Å². The predicted molar refractivity (Wildman–Crippen MR) is 369 cm³/mol. The molecule has 0 fully saturated rings. The van der Waals surface area contributed by atoms with Gasteiger partial charge in [0.2, 0.25) is 0 Å². The van der Waals surface area contributed by atoms with Crippen LogP contribution in [-0.4, -0.2) is 0 Å². The van der Waals surface area contributed by atoms with Crippen molar-refractivity contribution >= 4 is 46.3 Å². The smallest absolute Gasteiger partial charge is 0.0726 e. The number of anilines is 6. The van der Waals surface area contributed by atoms with Crippen LogP contribution in [0, 0.1) is 0 Å². The third kappa shape index (κ3) is 7.55. The van der Waals surface area contributed by atoms with Crippen LogP contribution < -0.4 is 9.80 Å². The number of hydrogen-bond acceptors (Lipinski definition) is 2. The second-order valence-electron chi connectivity index (χ2n) is 23.8. The number of rotatable bonds is 10. The van der Waals surface area contributed by atoms with Crippen LogP contribution in [0.2, 0.25) is 0 Å². The van der Waals surface area contributed by atoms with Gasteiger partial charge in [-0.25, -0.2) is 0 Å². The normalized spacial score (nSPS) is 13.7. The van der Waals surface area contributed by atoms with E-state index in [0.29, 0.717) is 0 Å². The molecule has 2 heteroatoms. The Morgan fingerprint density at radius 2 is 0.477 bits per heavy atom.